The van der Waals surface area contributed by atoms with E-state index in [1.54, 1.807) is 30.3 Å². The van der Waals surface area contributed by atoms with Gasteiger partial charge in [0.25, 0.3) is 0 Å². The van der Waals surface area contributed by atoms with Gasteiger partial charge in [-0.3, -0.25) is 0 Å². The van der Waals surface area contributed by atoms with E-state index in [2.05, 4.69) is 0 Å². The van der Waals surface area contributed by atoms with E-state index >= 15 is 0 Å². The lowest BCUT2D eigenvalue weighted by Crippen LogP contribution is -1.94. The minimum absolute atomic E-state index is 0.125. The molecule has 5 heteroatoms. The second-order valence-electron chi connectivity index (χ2n) is 3.68. The third kappa shape index (κ3) is 2.70. The molecule has 0 aliphatic heterocycles. The molecule has 0 aliphatic rings. The number of anilines is 1. The topological polar surface area (TPSA) is 55.5 Å². The third-order valence-electron chi connectivity index (χ3n) is 2.38. The van der Waals surface area contributed by atoms with Gasteiger partial charge in [0.05, 0.1) is 16.7 Å². The first kappa shape index (κ1) is 13.0. The lowest BCUT2D eigenvalue weighted by molar-refractivity contribution is 0.276. The summed E-state index contributed by atoms with van der Waals surface area (Å²) in [5.41, 5.74) is 6.73. The molecular weight excluding hydrogens is 273 g/mol. The van der Waals surface area contributed by atoms with Gasteiger partial charge in [0.2, 0.25) is 0 Å². The molecule has 2 aromatic carbocycles. The highest BCUT2D eigenvalue weighted by molar-refractivity contribution is 6.37. The van der Waals surface area contributed by atoms with Crippen LogP contribution < -0.4 is 10.5 Å². The zero-order valence-corrected chi connectivity index (χ0v) is 10.9. The fourth-order valence-electron chi connectivity index (χ4n) is 1.52. The van der Waals surface area contributed by atoms with Crippen LogP contribution in [0, 0.1) is 0 Å². The summed E-state index contributed by atoms with van der Waals surface area (Å²) in [6.45, 7) is -0.125. The van der Waals surface area contributed by atoms with E-state index < -0.39 is 0 Å². The van der Waals surface area contributed by atoms with Crippen LogP contribution in [0.5, 0.6) is 11.5 Å². The first-order valence-electron chi connectivity index (χ1n) is 5.23. The van der Waals surface area contributed by atoms with Crippen LogP contribution >= 0.6 is 23.2 Å². The number of aliphatic hydroxyl groups excluding tert-OH is 1. The Kier molecular flexibility index (Phi) is 3.97. The standard InChI is InChI=1S/C13H11Cl2NO2/c14-10-5-9(16)6-11(15)13(10)18-12-4-2-1-3-8(12)7-17/h1-6,17H,7,16H2. The number of hydrogen-bond acceptors (Lipinski definition) is 3. The smallest absolute Gasteiger partial charge is 0.164 e. The zero-order valence-electron chi connectivity index (χ0n) is 9.36. The van der Waals surface area contributed by atoms with Gasteiger partial charge in [-0.2, -0.15) is 0 Å². The Morgan fingerprint density at radius 3 is 2.33 bits per heavy atom. The number of para-hydroxylation sites is 1. The number of rotatable bonds is 3. The Hall–Kier alpha value is -1.42. The zero-order chi connectivity index (χ0) is 13.1. The summed E-state index contributed by atoms with van der Waals surface area (Å²) >= 11 is 12.1. The number of nitrogens with two attached hydrogens (primary N) is 1. The first-order chi connectivity index (χ1) is 8.61. The summed E-state index contributed by atoms with van der Waals surface area (Å²) in [5, 5.41) is 9.87. The molecule has 0 spiro atoms. The predicted molar refractivity (Wildman–Crippen MR) is 73.3 cm³/mol. The minimum atomic E-state index is -0.125. The van der Waals surface area contributed by atoms with E-state index in [4.69, 9.17) is 33.7 Å². The Morgan fingerprint density at radius 1 is 1.11 bits per heavy atom. The Bertz CT molecular complexity index is 550. The van der Waals surface area contributed by atoms with Crippen LogP contribution in [0.4, 0.5) is 5.69 Å². The summed E-state index contributed by atoms with van der Waals surface area (Å²) in [6, 6.07) is 10.2. The van der Waals surface area contributed by atoms with E-state index in [1.807, 2.05) is 6.07 Å². The van der Waals surface area contributed by atoms with Gasteiger partial charge in [0.1, 0.15) is 5.75 Å². The number of hydrogen-bond donors (Lipinski definition) is 2. The number of aliphatic hydroxyl groups is 1. The van der Waals surface area contributed by atoms with Gasteiger partial charge in [-0.25, -0.2) is 0 Å². The molecule has 94 valence electrons. The molecular formula is C13H11Cl2NO2. The van der Waals surface area contributed by atoms with Crippen LogP contribution in [0.25, 0.3) is 0 Å². The Morgan fingerprint density at radius 2 is 1.72 bits per heavy atom. The van der Waals surface area contributed by atoms with Crippen LogP contribution in [0.2, 0.25) is 10.0 Å². The van der Waals surface area contributed by atoms with E-state index in [0.29, 0.717) is 32.8 Å². The van der Waals surface area contributed by atoms with E-state index in [1.165, 1.54) is 0 Å². The van der Waals surface area contributed by atoms with Gasteiger partial charge in [0.15, 0.2) is 5.75 Å². The predicted octanol–water partition coefficient (Wildman–Crippen LogP) is 3.86. The van der Waals surface area contributed by atoms with Gasteiger partial charge >= 0.3 is 0 Å². The average Bonchev–Trinajstić information content (AvgIpc) is 2.34. The lowest BCUT2D eigenvalue weighted by atomic mass is 10.2. The van der Waals surface area contributed by atoms with Gasteiger partial charge < -0.3 is 15.6 Å². The Labute approximate surface area is 115 Å². The molecule has 0 saturated heterocycles. The molecule has 0 radical (unpaired) electrons. The van der Waals surface area contributed by atoms with Crippen molar-refractivity contribution in [2.75, 3.05) is 5.73 Å². The van der Waals surface area contributed by atoms with E-state index in [9.17, 15) is 5.11 Å². The minimum Gasteiger partial charge on any atom is -0.454 e. The van der Waals surface area contributed by atoms with Crippen LogP contribution in [-0.2, 0) is 6.61 Å². The van der Waals surface area contributed by atoms with Crippen molar-refractivity contribution in [1.82, 2.24) is 0 Å². The summed E-state index contributed by atoms with van der Waals surface area (Å²) in [4.78, 5) is 0. The number of ether oxygens (including phenoxy) is 1. The highest BCUT2D eigenvalue weighted by Crippen LogP contribution is 2.38. The summed E-state index contributed by atoms with van der Waals surface area (Å²) < 4.78 is 5.64. The van der Waals surface area contributed by atoms with E-state index in [-0.39, 0.29) is 6.61 Å². The van der Waals surface area contributed by atoms with Crippen molar-refractivity contribution in [3.8, 4) is 11.5 Å². The van der Waals surface area contributed by atoms with Gasteiger partial charge in [-0.05, 0) is 18.2 Å². The maximum atomic E-state index is 9.21. The van der Waals surface area contributed by atoms with Crippen LogP contribution in [0.15, 0.2) is 36.4 Å². The monoisotopic (exact) mass is 283 g/mol. The summed E-state index contributed by atoms with van der Waals surface area (Å²) in [5.74, 6) is 0.835. The molecule has 0 saturated carbocycles. The maximum Gasteiger partial charge on any atom is 0.164 e. The van der Waals surface area contributed by atoms with Crippen LogP contribution in [-0.4, -0.2) is 5.11 Å². The Balaban J connectivity index is 2.40. The SMILES string of the molecule is Nc1cc(Cl)c(Oc2ccccc2CO)c(Cl)c1. The molecule has 0 bridgehead atoms. The van der Waals surface area contributed by atoms with Gasteiger partial charge in [0, 0.05) is 11.3 Å². The third-order valence-corrected chi connectivity index (χ3v) is 2.94. The molecule has 0 atom stereocenters. The fraction of sp³-hybridized carbons (Fsp3) is 0.0769. The van der Waals surface area contributed by atoms with E-state index in [0.717, 1.165) is 0 Å². The van der Waals surface area contributed by atoms with Crippen molar-refractivity contribution >= 4 is 28.9 Å². The van der Waals surface area contributed by atoms with Crippen LogP contribution in [0.3, 0.4) is 0 Å². The first-order valence-corrected chi connectivity index (χ1v) is 5.98. The van der Waals surface area contributed by atoms with Crippen molar-refractivity contribution in [3.05, 3.63) is 52.0 Å². The van der Waals surface area contributed by atoms with Gasteiger partial charge in [-0.1, -0.05) is 41.4 Å². The molecule has 0 heterocycles. The van der Waals surface area contributed by atoms with Crippen molar-refractivity contribution in [1.29, 1.82) is 0 Å². The molecule has 3 nitrogen and oxygen atoms in total. The molecule has 0 amide bonds. The van der Waals surface area contributed by atoms with Crippen LogP contribution in [0.1, 0.15) is 5.56 Å². The molecule has 18 heavy (non-hydrogen) atoms. The second-order valence-corrected chi connectivity index (χ2v) is 4.50. The summed E-state index contributed by atoms with van der Waals surface area (Å²) in [6.07, 6.45) is 0. The lowest BCUT2D eigenvalue weighted by Gasteiger charge is -2.12. The molecule has 0 fully saturated rings. The number of nitrogen functional groups attached to an aromatic ring is 1. The van der Waals surface area contributed by atoms with Gasteiger partial charge in [-0.15, -0.1) is 0 Å². The molecule has 2 aromatic rings. The summed E-state index contributed by atoms with van der Waals surface area (Å²) in [7, 11) is 0. The highest BCUT2D eigenvalue weighted by Gasteiger charge is 2.11. The maximum absolute atomic E-state index is 9.21. The molecule has 0 aliphatic carbocycles. The normalized spacial score (nSPS) is 10.4. The molecule has 3 N–H and O–H groups in total. The van der Waals surface area contributed by atoms with Crippen molar-refractivity contribution in [3.63, 3.8) is 0 Å². The largest absolute Gasteiger partial charge is 0.454 e. The van der Waals surface area contributed by atoms with Crippen molar-refractivity contribution < 1.29 is 9.84 Å². The second kappa shape index (κ2) is 5.48. The average molecular weight is 284 g/mol. The number of halogens is 2. The molecule has 0 unspecified atom stereocenters. The van der Waals surface area contributed by atoms with Crippen molar-refractivity contribution in [2.45, 2.75) is 6.61 Å². The molecule has 0 aromatic heterocycles. The van der Waals surface area contributed by atoms with Crippen molar-refractivity contribution in [2.24, 2.45) is 0 Å². The fourth-order valence-corrected chi connectivity index (χ4v) is 2.10. The highest BCUT2D eigenvalue weighted by atomic mass is 35.5. The molecule has 2 rings (SSSR count). The number of benzene rings is 2. The quantitative estimate of drug-likeness (QED) is 0.841.